The minimum atomic E-state index is 0.443. The van der Waals surface area contributed by atoms with Crippen LogP contribution in [0.2, 0.25) is 0 Å². The van der Waals surface area contributed by atoms with Gasteiger partial charge >= 0.3 is 0 Å². The first-order valence-electron chi connectivity index (χ1n) is 8.14. The second-order valence-corrected chi connectivity index (χ2v) is 5.62. The highest BCUT2D eigenvalue weighted by Crippen LogP contribution is 2.36. The van der Waals surface area contributed by atoms with Gasteiger partial charge in [0.05, 0.1) is 21.3 Å². The van der Waals surface area contributed by atoms with Gasteiger partial charge in [0, 0.05) is 12.5 Å². The van der Waals surface area contributed by atoms with Crippen molar-refractivity contribution in [2.24, 2.45) is 5.92 Å². The number of likely N-dealkylation sites (tertiary alicyclic amines) is 1. The van der Waals surface area contributed by atoms with Crippen molar-refractivity contribution in [3.8, 4) is 17.2 Å². The Balaban J connectivity index is 0.000000240. The number of hydrogen-bond acceptors (Lipinski definition) is 5. The molecule has 0 amide bonds. The molecule has 2 rings (SSSR count). The highest BCUT2D eigenvalue weighted by Gasteiger charge is 2.28. The maximum atomic E-state index is 10.4. The normalized spacial score (nSPS) is 20.4. The number of carbonyl (C=O) groups is 1. The van der Waals surface area contributed by atoms with Crippen molar-refractivity contribution in [3.63, 3.8) is 0 Å². The van der Waals surface area contributed by atoms with Crippen LogP contribution in [0.3, 0.4) is 0 Å². The van der Waals surface area contributed by atoms with E-state index in [-0.39, 0.29) is 0 Å². The van der Waals surface area contributed by atoms with Crippen molar-refractivity contribution in [1.82, 2.24) is 4.90 Å². The molecule has 5 heteroatoms. The van der Waals surface area contributed by atoms with Crippen molar-refractivity contribution in [2.45, 2.75) is 25.8 Å². The molecule has 0 saturated carbocycles. The number of nitrogens with zero attached hydrogens (tertiary/aromatic N) is 1. The lowest BCUT2D eigenvalue weighted by molar-refractivity contribution is -0.108. The molecule has 2 unspecified atom stereocenters. The summed E-state index contributed by atoms with van der Waals surface area (Å²) in [4.78, 5) is 12.7. The van der Waals surface area contributed by atoms with Crippen LogP contribution in [0, 0.1) is 5.92 Å². The monoisotopic (exact) mass is 335 g/mol. The summed E-state index contributed by atoms with van der Waals surface area (Å²) < 4.78 is 15.3. The maximum absolute atomic E-state index is 10.4. The Kier molecular flexibility index (Phi) is 8.94. The molecular formula is C19H29NO4. The molecule has 0 aromatic heterocycles. The first-order valence-corrected chi connectivity index (χ1v) is 8.14. The number of aldehydes is 1. The van der Waals surface area contributed by atoms with Crippen molar-refractivity contribution in [3.05, 3.63) is 30.4 Å². The number of hydrogen-bond donors (Lipinski definition) is 0. The van der Waals surface area contributed by atoms with Gasteiger partial charge < -0.3 is 23.9 Å². The van der Waals surface area contributed by atoms with Crippen LogP contribution in [0.4, 0.5) is 0 Å². The zero-order valence-electron chi connectivity index (χ0n) is 15.3. The van der Waals surface area contributed by atoms with Crippen LogP contribution in [0.15, 0.2) is 30.4 Å². The van der Waals surface area contributed by atoms with Gasteiger partial charge in [-0.2, -0.15) is 0 Å². The molecule has 0 spiro atoms. The predicted octanol–water partition coefficient (Wildman–Crippen LogP) is 3.18. The Bertz CT molecular complexity index is 508. The van der Waals surface area contributed by atoms with Crippen LogP contribution in [0.5, 0.6) is 17.2 Å². The smallest absolute Gasteiger partial charge is 0.203 e. The molecule has 1 fully saturated rings. The molecule has 2 atom stereocenters. The van der Waals surface area contributed by atoms with E-state index in [1.54, 1.807) is 21.3 Å². The zero-order valence-corrected chi connectivity index (χ0v) is 15.3. The Morgan fingerprint density at radius 2 is 1.79 bits per heavy atom. The predicted molar refractivity (Wildman–Crippen MR) is 96.1 cm³/mol. The molecule has 1 heterocycles. The summed E-state index contributed by atoms with van der Waals surface area (Å²) in [5.41, 5.74) is 0. The van der Waals surface area contributed by atoms with E-state index in [0.717, 1.165) is 12.8 Å². The largest absolute Gasteiger partial charge is 0.493 e. The van der Waals surface area contributed by atoms with Gasteiger partial charge in [-0.25, -0.2) is 0 Å². The topological polar surface area (TPSA) is 48.0 Å². The SMILES string of the molecule is C/C=C\C1CCN(C)C1CC=O.COc1cccc(OC)c1OC. The molecule has 0 radical (unpaired) electrons. The number of benzene rings is 1. The van der Waals surface area contributed by atoms with E-state index in [9.17, 15) is 4.79 Å². The number of methoxy groups -OCH3 is 3. The minimum absolute atomic E-state index is 0.443. The number of allylic oxidation sites excluding steroid dienone is 1. The Morgan fingerprint density at radius 3 is 2.25 bits per heavy atom. The van der Waals surface area contributed by atoms with Crippen molar-refractivity contribution in [1.29, 1.82) is 0 Å². The number of carbonyl (C=O) groups excluding carboxylic acids is 1. The summed E-state index contributed by atoms with van der Waals surface area (Å²) in [7, 11) is 6.87. The quantitative estimate of drug-likeness (QED) is 0.590. The second kappa shape index (κ2) is 10.7. The van der Waals surface area contributed by atoms with Gasteiger partial charge in [0.15, 0.2) is 11.5 Å². The fraction of sp³-hybridized carbons (Fsp3) is 0.526. The molecule has 134 valence electrons. The number of para-hydroxylation sites is 1. The molecule has 1 aliphatic heterocycles. The highest BCUT2D eigenvalue weighted by atomic mass is 16.5. The fourth-order valence-corrected chi connectivity index (χ4v) is 2.98. The van der Waals surface area contributed by atoms with E-state index >= 15 is 0 Å². The molecule has 5 nitrogen and oxygen atoms in total. The van der Waals surface area contributed by atoms with Crippen LogP contribution >= 0.6 is 0 Å². The van der Waals surface area contributed by atoms with Gasteiger partial charge in [-0.1, -0.05) is 18.2 Å². The van der Waals surface area contributed by atoms with Crippen LogP contribution in [-0.4, -0.2) is 52.1 Å². The first kappa shape index (κ1) is 20.0. The van der Waals surface area contributed by atoms with Gasteiger partial charge in [-0.05, 0) is 45.0 Å². The molecule has 1 saturated heterocycles. The summed E-state index contributed by atoms with van der Waals surface area (Å²) in [6.07, 6.45) is 7.20. The van der Waals surface area contributed by atoms with Crippen LogP contribution < -0.4 is 14.2 Å². The third kappa shape index (κ3) is 5.27. The molecule has 0 bridgehead atoms. The molecule has 1 aromatic rings. The zero-order chi connectivity index (χ0) is 17.9. The van der Waals surface area contributed by atoms with Crippen LogP contribution in [-0.2, 0) is 4.79 Å². The summed E-state index contributed by atoms with van der Waals surface area (Å²) in [5.74, 6) is 2.57. The molecule has 24 heavy (non-hydrogen) atoms. The van der Waals surface area contributed by atoms with Crippen molar-refractivity contribution >= 4 is 6.29 Å². The van der Waals surface area contributed by atoms with Crippen molar-refractivity contribution < 1.29 is 19.0 Å². The lowest BCUT2D eigenvalue weighted by atomic mass is 9.98. The summed E-state index contributed by atoms with van der Waals surface area (Å²) in [6, 6.07) is 5.93. The van der Waals surface area contributed by atoms with E-state index in [4.69, 9.17) is 14.2 Å². The lowest BCUT2D eigenvalue weighted by Crippen LogP contribution is -2.28. The van der Waals surface area contributed by atoms with Gasteiger partial charge in [-0.3, -0.25) is 0 Å². The van der Waals surface area contributed by atoms with E-state index in [1.165, 1.54) is 6.42 Å². The minimum Gasteiger partial charge on any atom is -0.493 e. The molecule has 1 aromatic carbocycles. The number of ether oxygens (including phenoxy) is 3. The second-order valence-electron chi connectivity index (χ2n) is 5.62. The highest BCUT2D eigenvalue weighted by molar-refractivity contribution is 5.51. The fourth-order valence-electron chi connectivity index (χ4n) is 2.98. The molecule has 0 N–H and O–H groups in total. The summed E-state index contributed by atoms with van der Waals surface area (Å²) in [6.45, 7) is 3.16. The molecular weight excluding hydrogens is 306 g/mol. The van der Waals surface area contributed by atoms with Gasteiger partial charge in [0.1, 0.15) is 6.29 Å². The summed E-state index contributed by atoms with van der Waals surface area (Å²) >= 11 is 0. The Morgan fingerprint density at radius 1 is 1.17 bits per heavy atom. The van der Waals surface area contributed by atoms with Gasteiger partial charge in [0.25, 0.3) is 0 Å². The van der Waals surface area contributed by atoms with Crippen LogP contribution in [0.1, 0.15) is 19.8 Å². The third-order valence-corrected chi connectivity index (χ3v) is 4.24. The van der Waals surface area contributed by atoms with E-state index < -0.39 is 0 Å². The molecule has 1 aliphatic rings. The molecule has 0 aliphatic carbocycles. The van der Waals surface area contributed by atoms with Gasteiger partial charge in [-0.15, -0.1) is 0 Å². The standard InChI is InChI=1S/C10H17NO.C9H12O3/c1-3-4-9-5-7-11(2)10(9)6-8-12;1-10-7-5-4-6-8(11-2)9(7)12-3/h3-4,8-10H,5-7H2,1-2H3;4-6H,1-3H3/b4-3-;. The van der Waals surface area contributed by atoms with E-state index in [1.807, 2.05) is 25.1 Å². The van der Waals surface area contributed by atoms with E-state index in [0.29, 0.717) is 35.6 Å². The Hall–Kier alpha value is -2.01. The average Bonchev–Trinajstić information content (AvgIpc) is 2.95. The van der Waals surface area contributed by atoms with Crippen LogP contribution in [0.25, 0.3) is 0 Å². The maximum Gasteiger partial charge on any atom is 0.203 e. The summed E-state index contributed by atoms with van der Waals surface area (Å²) in [5, 5.41) is 0. The van der Waals surface area contributed by atoms with Crippen molar-refractivity contribution in [2.75, 3.05) is 34.9 Å². The first-order chi connectivity index (χ1) is 11.6. The third-order valence-electron chi connectivity index (χ3n) is 4.24. The van der Waals surface area contributed by atoms with Gasteiger partial charge in [0.2, 0.25) is 5.75 Å². The lowest BCUT2D eigenvalue weighted by Gasteiger charge is -2.20. The van der Waals surface area contributed by atoms with E-state index in [2.05, 4.69) is 24.1 Å². The average molecular weight is 335 g/mol. The number of rotatable bonds is 6. The Labute approximate surface area is 145 Å².